The molecule has 216 valence electrons. The number of sulfonamides is 1. The molecule has 2 aromatic rings. The van der Waals surface area contributed by atoms with Gasteiger partial charge in [0.05, 0.1) is 37.3 Å². The van der Waals surface area contributed by atoms with Crippen LogP contribution in [0.1, 0.15) is 24.1 Å². The lowest BCUT2D eigenvalue weighted by Gasteiger charge is -2.39. The van der Waals surface area contributed by atoms with Gasteiger partial charge in [0.15, 0.2) is 0 Å². The standard InChI is InChI=1S/C28H36N4O7S/c1-6-39-27(33)25-24(30(3)28(34)29-26(25)20-15-21(37-4)17-22(16-20)38-5)18-31-11-13-32(14-12-31)40(35,36)23-9-7-19(2)8-10-23/h7-10,15-17,26H,6,11-14,18H2,1-5H3,(H,29,34). The molecule has 0 saturated carbocycles. The third-order valence-electron chi connectivity index (χ3n) is 7.14. The van der Waals surface area contributed by atoms with Crippen LogP contribution >= 0.6 is 0 Å². The molecule has 0 bridgehead atoms. The fourth-order valence-corrected chi connectivity index (χ4v) is 6.27. The summed E-state index contributed by atoms with van der Waals surface area (Å²) in [6, 6.07) is 10.8. The van der Waals surface area contributed by atoms with E-state index in [-0.39, 0.29) is 37.2 Å². The highest BCUT2D eigenvalue weighted by Crippen LogP contribution is 2.35. The summed E-state index contributed by atoms with van der Waals surface area (Å²) in [6.07, 6.45) is 0. The largest absolute Gasteiger partial charge is 0.497 e. The minimum atomic E-state index is -3.62. The van der Waals surface area contributed by atoms with Crippen molar-refractivity contribution in [2.45, 2.75) is 24.8 Å². The van der Waals surface area contributed by atoms with Gasteiger partial charge in [0.1, 0.15) is 11.5 Å². The Balaban J connectivity index is 1.63. The number of urea groups is 1. The quantitative estimate of drug-likeness (QED) is 0.456. The number of likely N-dealkylation sites (N-methyl/N-ethyl adjacent to an activating group) is 1. The van der Waals surface area contributed by atoms with Crippen LogP contribution in [0.4, 0.5) is 4.79 Å². The van der Waals surface area contributed by atoms with E-state index in [0.717, 1.165) is 5.56 Å². The van der Waals surface area contributed by atoms with Crippen molar-refractivity contribution >= 4 is 22.0 Å². The average molecular weight is 573 g/mol. The number of rotatable bonds is 9. The molecular weight excluding hydrogens is 536 g/mol. The number of hydrogen-bond donors (Lipinski definition) is 1. The number of hydrogen-bond acceptors (Lipinski definition) is 8. The molecule has 2 heterocycles. The van der Waals surface area contributed by atoms with E-state index in [1.54, 1.807) is 56.4 Å². The highest BCUT2D eigenvalue weighted by molar-refractivity contribution is 7.89. The zero-order valence-corrected chi connectivity index (χ0v) is 24.3. The Kier molecular flexibility index (Phi) is 9.02. The minimum Gasteiger partial charge on any atom is -0.497 e. The van der Waals surface area contributed by atoms with Crippen LogP contribution in [0.25, 0.3) is 0 Å². The third kappa shape index (κ3) is 6.08. The van der Waals surface area contributed by atoms with Gasteiger partial charge in [-0.2, -0.15) is 4.31 Å². The lowest BCUT2D eigenvalue weighted by Crippen LogP contribution is -2.53. The number of amides is 2. The van der Waals surface area contributed by atoms with Gasteiger partial charge < -0.3 is 19.5 Å². The Morgan fingerprint density at radius 3 is 2.15 bits per heavy atom. The molecular formula is C28H36N4O7S. The predicted octanol–water partition coefficient (Wildman–Crippen LogP) is 2.53. The lowest BCUT2D eigenvalue weighted by molar-refractivity contribution is -0.139. The van der Waals surface area contributed by atoms with Crippen LogP contribution in [0.2, 0.25) is 0 Å². The lowest BCUT2D eigenvalue weighted by atomic mass is 9.93. The maximum Gasteiger partial charge on any atom is 0.338 e. The van der Waals surface area contributed by atoms with Crippen molar-refractivity contribution in [3.05, 3.63) is 64.9 Å². The van der Waals surface area contributed by atoms with Crippen LogP contribution in [0.3, 0.4) is 0 Å². The fraction of sp³-hybridized carbons (Fsp3) is 0.429. The number of carbonyl (C=O) groups is 2. The Hall–Kier alpha value is -3.61. The number of methoxy groups -OCH3 is 2. The topological polar surface area (TPSA) is 118 Å². The monoisotopic (exact) mass is 572 g/mol. The first kappa shape index (κ1) is 29.4. The highest BCUT2D eigenvalue weighted by atomic mass is 32.2. The molecule has 12 heteroatoms. The summed E-state index contributed by atoms with van der Waals surface area (Å²) in [5, 5.41) is 2.90. The average Bonchev–Trinajstić information content (AvgIpc) is 2.95. The molecule has 40 heavy (non-hydrogen) atoms. The van der Waals surface area contributed by atoms with E-state index >= 15 is 0 Å². The second-order valence-corrected chi connectivity index (χ2v) is 11.6. The van der Waals surface area contributed by atoms with Crippen LogP contribution in [-0.4, -0.2) is 95.1 Å². The van der Waals surface area contributed by atoms with E-state index in [1.165, 1.54) is 23.4 Å². The van der Waals surface area contributed by atoms with E-state index in [0.29, 0.717) is 41.4 Å². The fourth-order valence-electron chi connectivity index (χ4n) is 4.84. The van der Waals surface area contributed by atoms with Crippen molar-refractivity contribution in [1.82, 2.24) is 19.4 Å². The van der Waals surface area contributed by atoms with Gasteiger partial charge >= 0.3 is 12.0 Å². The van der Waals surface area contributed by atoms with Crippen LogP contribution in [-0.2, 0) is 19.6 Å². The molecule has 0 radical (unpaired) electrons. The Morgan fingerprint density at radius 1 is 1.00 bits per heavy atom. The summed E-state index contributed by atoms with van der Waals surface area (Å²) in [7, 11) is 1.03. The molecule has 2 aliphatic rings. The molecule has 1 saturated heterocycles. The second-order valence-electron chi connectivity index (χ2n) is 9.66. The van der Waals surface area contributed by atoms with E-state index in [1.807, 2.05) is 11.8 Å². The van der Waals surface area contributed by atoms with Crippen molar-refractivity contribution in [2.75, 3.05) is 60.6 Å². The normalized spacial score (nSPS) is 18.9. The molecule has 2 aliphatic heterocycles. The summed E-state index contributed by atoms with van der Waals surface area (Å²) in [4.78, 5) is 30.1. The number of nitrogens with one attached hydrogen (secondary N) is 1. The molecule has 1 N–H and O–H groups in total. The summed E-state index contributed by atoms with van der Waals surface area (Å²) >= 11 is 0. The molecule has 4 rings (SSSR count). The van der Waals surface area contributed by atoms with Crippen molar-refractivity contribution in [3.63, 3.8) is 0 Å². The first-order valence-electron chi connectivity index (χ1n) is 13.1. The van der Waals surface area contributed by atoms with E-state index in [9.17, 15) is 18.0 Å². The van der Waals surface area contributed by atoms with Crippen LogP contribution in [0.5, 0.6) is 11.5 Å². The Morgan fingerprint density at radius 2 is 1.60 bits per heavy atom. The maximum absolute atomic E-state index is 13.3. The molecule has 1 atom stereocenters. The summed E-state index contributed by atoms with van der Waals surface area (Å²) < 4.78 is 44.0. The molecule has 2 aromatic carbocycles. The zero-order chi connectivity index (χ0) is 29.0. The van der Waals surface area contributed by atoms with Crippen LogP contribution in [0, 0.1) is 6.92 Å². The molecule has 0 aromatic heterocycles. The van der Waals surface area contributed by atoms with Gasteiger partial charge in [0.2, 0.25) is 10.0 Å². The number of piperazine rings is 1. The van der Waals surface area contributed by atoms with E-state index in [4.69, 9.17) is 14.2 Å². The minimum absolute atomic E-state index is 0.164. The Bertz CT molecular complexity index is 1360. The summed E-state index contributed by atoms with van der Waals surface area (Å²) in [5.74, 6) is 0.480. The molecule has 11 nitrogen and oxygen atoms in total. The maximum atomic E-state index is 13.3. The smallest absolute Gasteiger partial charge is 0.338 e. The first-order valence-corrected chi connectivity index (χ1v) is 14.5. The molecule has 2 amide bonds. The summed E-state index contributed by atoms with van der Waals surface area (Å²) in [5.41, 5.74) is 2.38. The molecule has 0 spiro atoms. The van der Waals surface area contributed by atoms with E-state index in [2.05, 4.69) is 5.32 Å². The van der Waals surface area contributed by atoms with Crippen molar-refractivity contribution in [2.24, 2.45) is 0 Å². The van der Waals surface area contributed by atoms with Gasteiger partial charge in [-0.15, -0.1) is 0 Å². The zero-order valence-electron chi connectivity index (χ0n) is 23.5. The van der Waals surface area contributed by atoms with Crippen molar-refractivity contribution in [3.8, 4) is 11.5 Å². The van der Waals surface area contributed by atoms with Crippen LogP contribution < -0.4 is 14.8 Å². The first-order chi connectivity index (χ1) is 19.1. The van der Waals surface area contributed by atoms with Gasteiger partial charge in [-0.3, -0.25) is 9.80 Å². The number of nitrogens with zero attached hydrogens (tertiary/aromatic N) is 3. The molecule has 1 unspecified atom stereocenters. The third-order valence-corrected chi connectivity index (χ3v) is 9.06. The molecule has 1 fully saturated rings. The number of benzene rings is 2. The van der Waals surface area contributed by atoms with Crippen molar-refractivity contribution in [1.29, 1.82) is 0 Å². The number of carbonyl (C=O) groups excluding carboxylic acids is 2. The highest BCUT2D eigenvalue weighted by Gasteiger charge is 2.38. The van der Waals surface area contributed by atoms with E-state index < -0.39 is 22.0 Å². The van der Waals surface area contributed by atoms with Crippen LogP contribution in [0.15, 0.2) is 58.6 Å². The molecule has 0 aliphatic carbocycles. The van der Waals surface area contributed by atoms with Gasteiger partial charge in [-0.05, 0) is 43.7 Å². The van der Waals surface area contributed by atoms with Gasteiger partial charge in [0.25, 0.3) is 0 Å². The second kappa shape index (κ2) is 12.3. The SMILES string of the molecule is CCOC(=O)C1=C(CN2CCN(S(=O)(=O)c3ccc(C)cc3)CC2)N(C)C(=O)NC1c1cc(OC)cc(OC)c1. The number of aryl methyl sites for hydroxylation is 1. The predicted molar refractivity (Wildman–Crippen MR) is 149 cm³/mol. The Labute approximate surface area is 235 Å². The van der Waals surface area contributed by atoms with Gasteiger partial charge in [-0.1, -0.05) is 17.7 Å². The number of esters is 1. The van der Waals surface area contributed by atoms with Crippen molar-refractivity contribution < 1.29 is 32.2 Å². The number of ether oxygens (including phenoxy) is 3. The summed E-state index contributed by atoms with van der Waals surface area (Å²) in [6.45, 7) is 5.48. The van der Waals surface area contributed by atoms with Gasteiger partial charge in [0, 0.05) is 51.5 Å². The van der Waals surface area contributed by atoms with Gasteiger partial charge in [-0.25, -0.2) is 18.0 Å².